The Morgan fingerprint density at radius 2 is 1.79 bits per heavy atom. The number of piperazine rings is 1. The lowest BCUT2D eigenvalue weighted by atomic mass is 10.1. The van der Waals surface area contributed by atoms with Crippen LogP contribution in [0.2, 0.25) is 5.02 Å². The van der Waals surface area contributed by atoms with Gasteiger partial charge in [-0.15, -0.1) is 0 Å². The van der Waals surface area contributed by atoms with Crippen molar-refractivity contribution in [3.8, 4) is 0 Å². The highest BCUT2D eigenvalue weighted by Gasteiger charge is 2.25. The van der Waals surface area contributed by atoms with E-state index in [1.807, 2.05) is 18.2 Å². The Kier molecular flexibility index (Phi) is 5.38. The highest BCUT2D eigenvalue weighted by atomic mass is 35.5. The van der Waals surface area contributed by atoms with Crippen LogP contribution in [0.4, 0.5) is 11.4 Å². The summed E-state index contributed by atoms with van der Waals surface area (Å²) >= 11 is 6.02. The van der Waals surface area contributed by atoms with Gasteiger partial charge in [-0.25, -0.2) is 8.42 Å². The molecule has 1 saturated heterocycles. The third-order valence-corrected chi connectivity index (χ3v) is 7.33. The second kappa shape index (κ2) is 7.82. The lowest BCUT2D eigenvalue weighted by molar-refractivity contribution is 0.313. The standard InChI is InChI=1S/C21H23ClN4O2S/c1-23-21-17-7-4-8-18(26-11-9-25(2)10-12-26)20(17)24-14-19(21)29(27,28)16-6-3-5-15(22)13-16/h3-8,13-14H,9-12H2,1-2H3,(H,23,24). The summed E-state index contributed by atoms with van der Waals surface area (Å²) in [4.78, 5) is 9.49. The quantitative estimate of drug-likeness (QED) is 0.683. The molecule has 1 fully saturated rings. The molecule has 0 aliphatic carbocycles. The minimum absolute atomic E-state index is 0.144. The van der Waals surface area contributed by atoms with E-state index < -0.39 is 9.84 Å². The van der Waals surface area contributed by atoms with Gasteiger partial charge in [0.25, 0.3) is 0 Å². The highest BCUT2D eigenvalue weighted by molar-refractivity contribution is 7.91. The summed E-state index contributed by atoms with van der Waals surface area (Å²) < 4.78 is 26.6. The van der Waals surface area contributed by atoms with Crippen molar-refractivity contribution >= 4 is 43.7 Å². The maximum Gasteiger partial charge on any atom is 0.210 e. The van der Waals surface area contributed by atoms with E-state index in [1.165, 1.54) is 12.3 Å². The number of pyridine rings is 1. The molecule has 0 unspecified atom stereocenters. The third kappa shape index (κ3) is 3.66. The molecule has 1 aliphatic heterocycles. The van der Waals surface area contributed by atoms with E-state index in [0.29, 0.717) is 10.7 Å². The fourth-order valence-corrected chi connectivity index (χ4v) is 5.44. The SMILES string of the molecule is CNc1c(S(=O)(=O)c2cccc(Cl)c2)cnc2c(N3CCN(C)CC3)cccc12. The van der Waals surface area contributed by atoms with E-state index in [4.69, 9.17) is 11.6 Å². The number of para-hydroxylation sites is 1. The van der Waals surface area contributed by atoms with Gasteiger partial charge in [-0.1, -0.05) is 29.8 Å². The molecule has 4 rings (SSSR count). The highest BCUT2D eigenvalue weighted by Crippen LogP contribution is 2.36. The summed E-state index contributed by atoms with van der Waals surface area (Å²) in [7, 11) is 0.0759. The second-order valence-corrected chi connectivity index (χ2v) is 9.53. The fraction of sp³-hybridized carbons (Fsp3) is 0.286. The first kappa shape index (κ1) is 19.9. The number of fused-ring (bicyclic) bond motifs is 1. The Morgan fingerprint density at radius 3 is 2.48 bits per heavy atom. The van der Waals surface area contributed by atoms with Crippen LogP contribution in [0, 0.1) is 0 Å². The molecule has 2 aromatic carbocycles. The number of hydrogen-bond acceptors (Lipinski definition) is 6. The van der Waals surface area contributed by atoms with Crippen LogP contribution in [0.3, 0.4) is 0 Å². The van der Waals surface area contributed by atoms with Crippen molar-refractivity contribution < 1.29 is 8.42 Å². The molecule has 0 spiro atoms. The van der Waals surface area contributed by atoms with Crippen LogP contribution in [0.15, 0.2) is 58.5 Å². The minimum atomic E-state index is -3.77. The molecule has 0 radical (unpaired) electrons. The van der Waals surface area contributed by atoms with Gasteiger partial charge >= 0.3 is 0 Å². The topological polar surface area (TPSA) is 65.5 Å². The van der Waals surface area contributed by atoms with Crippen LogP contribution < -0.4 is 10.2 Å². The number of hydrogen-bond donors (Lipinski definition) is 1. The van der Waals surface area contributed by atoms with E-state index in [0.717, 1.165) is 42.8 Å². The largest absolute Gasteiger partial charge is 0.386 e. The Bertz CT molecular complexity index is 1160. The zero-order valence-electron chi connectivity index (χ0n) is 16.4. The van der Waals surface area contributed by atoms with E-state index in [1.54, 1.807) is 25.2 Å². The van der Waals surface area contributed by atoms with Crippen LogP contribution in [0.1, 0.15) is 0 Å². The number of nitrogens with zero attached hydrogens (tertiary/aromatic N) is 3. The Labute approximate surface area is 176 Å². The summed E-state index contributed by atoms with van der Waals surface area (Å²) in [5.41, 5.74) is 2.37. The van der Waals surface area contributed by atoms with Crippen molar-refractivity contribution in [2.45, 2.75) is 9.79 Å². The molecule has 0 atom stereocenters. The minimum Gasteiger partial charge on any atom is -0.386 e. The summed E-state index contributed by atoms with van der Waals surface area (Å²) in [6.45, 7) is 3.79. The molecular formula is C21H23ClN4O2S. The van der Waals surface area contributed by atoms with Gasteiger partial charge in [0.1, 0.15) is 4.90 Å². The summed E-state index contributed by atoms with van der Waals surface area (Å²) in [6.07, 6.45) is 1.45. The molecule has 152 valence electrons. The van der Waals surface area contributed by atoms with Crippen molar-refractivity contribution in [3.05, 3.63) is 53.7 Å². The zero-order valence-corrected chi connectivity index (χ0v) is 18.0. The molecular weight excluding hydrogens is 408 g/mol. The molecule has 2 heterocycles. The first-order chi connectivity index (χ1) is 13.9. The molecule has 8 heteroatoms. The van der Waals surface area contributed by atoms with Crippen molar-refractivity contribution in [2.75, 3.05) is 50.5 Å². The molecule has 0 bridgehead atoms. The van der Waals surface area contributed by atoms with Gasteiger partial charge in [-0.2, -0.15) is 0 Å². The van der Waals surface area contributed by atoms with Crippen molar-refractivity contribution in [1.82, 2.24) is 9.88 Å². The summed E-state index contributed by atoms with van der Waals surface area (Å²) in [5, 5.41) is 4.25. The first-order valence-corrected chi connectivity index (χ1v) is 11.3. The van der Waals surface area contributed by atoms with E-state index in [2.05, 4.69) is 27.1 Å². The van der Waals surface area contributed by atoms with Crippen LogP contribution in [0.25, 0.3) is 10.9 Å². The van der Waals surface area contributed by atoms with Crippen LogP contribution in [0.5, 0.6) is 0 Å². The lowest BCUT2D eigenvalue weighted by Gasteiger charge is -2.34. The third-order valence-electron chi connectivity index (χ3n) is 5.33. The Morgan fingerprint density at radius 1 is 1.07 bits per heavy atom. The number of nitrogens with one attached hydrogen (secondary N) is 1. The van der Waals surface area contributed by atoms with E-state index in [9.17, 15) is 8.42 Å². The number of halogens is 1. The van der Waals surface area contributed by atoms with Gasteiger partial charge in [0, 0.05) is 49.8 Å². The second-order valence-electron chi connectivity index (χ2n) is 7.17. The van der Waals surface area contributed by atoms with Crippen LogP contribution in [-0.4, -0.2) is 58.6 Å². The lowest BCUT2D eigenvalue weighted by Crippen LogP contribution is -2.44. The number of benzene rings is 2. The molecule has 3 aromatic rings. The molecule has 1 aromatic heterocycles. The van der Waals surface area contributed by atoms with Crippen LogP contribution in [-0.2, 0) is 9.84 Å². The number of anilines is 2. The van der Waals surface area contributed by atoms with Gasteiger partial charge in [0.15, 0.2) is 0 Å². The molecule has 1 N–H and O–H groups in total. The van der Waals surface area contributed by atoms with Gasteiger partial charge in [0.2, 0.25) is 9.84 Å². The summed E-state index contributed by atoms with van der Waals surface area (Å²) in [6, 6.07) is 12.2. The molecule has 6 nitrogen and oxygen atoms in total. The van der Waals surface area contributed by atoms with E-state index in [-0.39, 0.29) is 9.79 Å². The number of rotatable bonds is 4. The fourth-order valence-electron chi connectivity index (χ4n) is 3.71. The molecule has 0 saturated carbocycles. The first-order valence-electron chi connectivity index (χ1n) is 9.45. The average Bonchev–Trinajstić information content (AvgIpc) is 2.73. The smallest absolute Gasteiger partial charge is 0.210 e. The van der Waals surface area contributed by atoms with Crippen molar-refractivity contribution in [1.29, 1.82) is 0 Å². The maximum absolute atomic E-state index is 13.3. The summed E-state index contributed by atoms with van der Waals surface area (Å²) in [5.74, 6) is 0. The monoisotopic (exact) mass is 430 g/mol. The predicted octanol–water partition coefficient (Wildman–Crippen LogP) is 3.51. The maximum atomic E-state index is 13.3. The Hall–Kier alpha value is -2.35. The zero-order chi connectivity index (χ0) is 20.6. The molecule has 0 amide bonds. The van der Waals surface area contributed by atoms with Gasteiger partial charge < -0.3 is 15.1 Å². The van der Waals surface area contributed by atoms with Gasteiger partial charge in [-0.3, -0.25) is 4.98 Å². The number of sulfone groups is 1. The van der Waals surface area contributed by atoms with Crippen molar-refractivity contribution in [3.63, 3.8) is 0 Å². The Balaban J connectivity index is 1.86. The molecule has 29 heavy (non-hydrogen) atoms. The van der Waals surface area contributed by atoms with Crippen LogP contribution >= 0.6 is 11.6 Å². The molecule has 1 aliphatic rings. The number of likely N-dealkylation sites (N-methyl/N-ethyl adjacent to an activating group) is 1. The van der Waals surface area contributed by atoms with Gasteiger partial charge in [-0.05, 0) is 31.3 Å². The number of aromatic nitrogens is 1. The normalized spacial score (nSPS) is 15.6. The van der Waals surface area contributed by atoms with Gasteiger partial charge in [0.05, 0.1) is 21.8 Å². The van der Waals surface area contributed by atoms with Crippen molar-refractivity contribution in [2.24, 2.45) is 0 Å². The predicted molar refractivity (Wildman–Crippen MR) is 118 cm³/mol. The van der Waals surface area contributed by atoms with E-state index >= 15 is 0 Å². The average molecular weight is 431 g/mol.